The Bertz CT molecular complexity index is 539. The van der Waals surface area contributed by atoms with Crippen LogP contribution in [-0.2, 0) is 10.0 Å². The maximum Gasteiger partial charge on any atom is 0.415 e. The summed E-state index contributed by atoms with van der Waals surface area (Å²) in [6, 6.07) is 2.33. The normalized spacial score (nSPS) is 14.4. The zero-order chi connectivity index (χ0) is 14.8. The third kappa shape index (κ3) is 4.33. The number of aliphatic hydroxyl groups excluding tert-OH is 1. The first-order valence-corrected chi connectivity index (χ1v) is 6.31. The predicted octanol–water partition coefficient (Wildman–Crippen LogP) is 0.609. The lowest BCUT2D eigenvalue weighted by Gasteiger charge is -2.15. The Morgan fingerprint density at radius 3 is 2.37 bits per heavy atom. The topological polar surface area (TPSA) is 92.4 Å². The van der Waals surface area contributed by atoms with Gasteiger partial charge in [0.1, 0.15) is 5.82 Å². The summed E-state index contributed by atoms with van der Waals surface area (Å²) in [7, 11) is -4.39. The number of nitrogen functional groups attached to an aromatic ring is 1. The molecule has 19 heavy (non-hydrogen) atoms. The fraction of sp³-hybridized carbons (Fsp3) is 0.333. The zero-order valence-corrected chi connectivity index (χ0v) is 10.1. The van der Waals surface area contributed by atoms with E-state index in [1.165, 1.54) is 4.72 Å². The first kappa shape index (κ1) is 15.7. The van der Waals surface area contributed by atoms with Crippen LogP contribution < -0.4 is 10.5 Å². The predicted molar refractivity (Wildman–Crippen MR) is 58.1 cm³/mol. The maximum absolute atomic E-state index is 12.9. The van der Waals surface area contributed by atoms with Crippen molar-refractivity contribution in [1.82, 2.24) is 4.72 Å². The monoisotopic (exact) mass is 302 g/mol. The summed E-state index contributed by atoms with van der Waals surface area (Å²) in [5.74, 6) is -0.947. The Hall–Kier alpha value is -1.39. The molecule has 5 nitrogen and oxygen atoms in total. The average Bonchev–Trinajstić information content (AvgIpc) is 2.23. The number of hydrogen-bond acceptors (Lipinski definition) is 4. The number of aliphatic hydroxyl groups is 1. The Morgan fingerprint density at radius 1 is 1.32 bits per heavy atom. The van der Waals surface area contributed by atoms with E-state index < -0.39 is 39.6 Å². The number of nitrogens with one attached hydrogen (secondary N) is 1. The van der Waals surface area contributed by atoms with Gasteiger partial charge in [0.05, 0.1) is 4.90 Å². The highest BCUT2D eigenvalue weighted by molar-refractivity contribution is 7.89. The summed E-state index contributed by atoms with van der Waals surface area (Å²) in [6.07, 6.45) is -7.81. The molecule has 1 rings (SSSR count). The minimum absolute atomic E-state index is 0.197. The first-order chi connectivity index (χ1) is 8.52. The third-order valence-electron chi connectivity index (χ3n) is 2.05. The molecule has 0 heterocycles. The van der Waals surface area contributed by atoms with Crippen LogP contribution in [0.5, 0.6) is 0 Å². The summed E-state index contributed by atoms with van der Waals surface area (Å²) in [6.45, 7) is -1.28. The molecule has 0 aromatic heterocycles. The molecule has 10 heteroatoms. The van der Waals surface area contributed by atoms with Crippen molar-refractivity contribution in [1.29, 1.82) is 0 Å². The summed E-state index contributed by atoms with van der Waals surface area (Å²) in [4.78, 5) is -0.626. The Labute approximate surface area is 106 Å². The minimum atomic E-state index is -4.95. The lowest BCUT2D eigenvalue weighted by molar-refractivity contribution is -0.200. The van der Waals surface area contributed by atoms with Crippen molar-refractivity contribution in [2.75, 3.05) is 12.3 Å². The van der Waals surface area contributed by atoms with Crippen LogP contribution in [0.3, 0.4) is 0 Å². The summed E-state index contributed by atoms with van der Waals surface area (Å²) >= 11 is 0. The molecule has 0 spiro atoms. The Kier molecular flexibility index (Phi) is 4.38. The molecule has 0 amide bonds. The van der Waals surface area contributed by atoms with Crippen LogP contribution in [0.15, 0.2) is 23.1 Å². The van der Waals surface area contributed by atoms with Gasteiger partial charge in [0.2, 0.25) is 10.0 Å². The van der Waals surface area contributed by atoms with Crippen LogP contribution in [0, 0.1) is 5.82 Å². The van der Waals surface area contributed by atoms with Crippen molar-refractivity contribution >= 4 is 15.7 Å². The van der Waals surface area contributed by atoms with Crippen LogP contribution in [0.1, 0.15) is 0 Å². The average molecular weight is 302 g/mol. The van der Waals surface area contributed by atoms with E-state index in [1.54, 1.807) is 0 Å². The second-order valence-electron chi connectivity index (χ2n) is 3.63. The van der Waals surface area contributed by atoms with Crippen molar-refractivity contribution in [2.45, 2.75) is 17.2 Å². The molecule has 0 aliphatic heterocycles. The number of benzene rings is 1. The molecule has 4 N–H and O–H groups in total. The summed E-state index contributed by atoms with van der Waals surface area (Å²) in [5.41, 5.74) is 5.02. The molecule has 0 radical (unpaired) electrons. The molecule has 0 bridgehead atoms. The smallest absolute Gasteiger partial charge is 0.399 e. The van der Waals surface area contributed by atoms with Crippen molar-refractivity contribution < 1.29 is 31.1 Å². The van der Waals surface area contributed by atoms with Gasteiger partial charge in [-0.25, -0.2) is 17.5 Å². The van der Waals surface area contributed by atoms with Gasteiger partial charge >= 0.3 is 6.18 Å². The highest BCUT2D eigenvalue weighted by Crippen LogP contribution is 2.20. The number of hydrogen-bond donors (Lipinski definition) is 3. The quantitative estimate of drug-likeness (QED) is 0.561. The number of nitrogens with two attached hydrogens (primary N) is 1. The van der Waals surface area contributed by atoms with E-state index in [-0.39, 0.29) is 5.69 Å². The van der Waals surface area contributed by atoms with Crippen LogP contribution >= 0.6 is 0 Å². The van der Waals surface area contributed by atoms with Gasteiger partial charge in [-0.3, -0.25) is 0 Å². The van der Waals surface area contributed by atoms with Crippen molar-refractivity contribution in [3.05, 3.63) is 24.0 Å². The summed E-state index contributed by atoms with van der Waals surface area (Å²) in [5, 5.41) is 8.65. The maximum atomic E-state index is 12.9. The number of alkyl halides is 3. The van der Waals surface area contributed by atoms with Crippen LogP contribution in [0.4, 0.5) is 23.2 Å². The summed E-state index contributed by atoms with van der Waals surface area (Å²) < 4.78 is 73.5. The van der Waals surface area contributed by atoms with E-state index in [4.69, 9.17) is 10.8 Å². The van der Waals surface area contributed by atoms with E-state index in [1.807, 2.05) is 0 Å². The zero-order valence-electron chi connectivity index (χ0n) is 9.28. The van der Waals surface area contributed by atoms with Crippen molar-refractivity contribution in [3.63, 3.8) is 0 Å². The van der Waals surface area contributed by atoms with E-state index >= 15 is 0 Å². The second-order valence-corrected chi connectivity index (χ2v) is 5.40. The van der Waals surface area contributed by atoms with Gasteiger partial charge in [0, 0.05) is 12.2 Å². The van der Waals surface area contributed by atoms with Gasteiger partial charge in [-0.2, -0.15) is 13.2 Å². The van der Waals surface area contributed by atoms with E-state index in [2.05, 4.69) is 0 Å². The van der Waals surface area contributed by atoms with E-state index in [9.17, 15) is 26.0 Å². The molecule has 0 saturated carbocycles. The van der Waals surface area contributed by atoms with Crippen LogP contribution in [-0.4, -0.2) is 32.3 Å². The van der Waals surface area contributed by atoms with Crippen LogP contribution in [0.2, 0.25) is 0 Å². The molecule has 0 fully saturated rings. The highest BCUT2D eigenvalue weighted by Gasteiger charge is 2.38. The molecule has 0 aliphatic carbocycles. The number of sulfonamides is 1. The number of rotatable bonds is 4. The lowest BCUT2D eigenvalue weighted by Crippen LogP contribution is -2.40. The molecule has 1 atom stereocenters. The van der Waals surface area contributed by atoms with E-state index in [0.717, 1.165) is 12.1 Å². The van der Waals surface area contributed by atoms with Crippen molar-refractivity contribution in [2.24, 2.45) is 0 Å². The first-order valence-electron chi connectivity index (χ1n) is 4.83. The second kappa shape index (κ2) is 5.31. The molecule has 1 unspecified atom stereocenters. The molecule has 108 valence electrons. The standard InChI is InChI=1S/C9H10F4N2O3S/c10-5-1-6(14)3-7(2-5)19(17,18)15-4-8(16)9(11,12)13/h1-3,8,15-16H,4,14H2. The lowest BCUT2D eigenvalue weighted by atomic mass is 10.3. The number of anilines is 1. The van der Waals surface area contributed by atoms with Gasteiger partial charge in [-0.1, -0.05) is 0 Å². The molecule has 0 aliphatic rings. The number of halogens is 4. The van der Waals surface area contributed by atoms with Gasteiger partial charge in [0.25, 0.3) is 0 Å². The fourth-order valence-corrected chi connectivity index (χ4v) is 2.23. The molecular weight excluding hydrogens is 292 g/mol. The molecular formula is C9H10F4N2O3S. The third-order valence-corrected chi connectivity index (χ3v) is 3.45. The fourth-order valence-electron chi connectivity index (χ4n) is 1.13. The Balaban J connectivity index is 2.88. The Morgan fingerprint density at radius 2 is 1.89 bits per heavy atom. The molecule has 1 aromatic carbocycles. The minimum Gasteiger partial charge on any atom is -0.399 e. The van der Waals surface area contributed by atoms with E-state index in [0.29, 0.717) is 6.07 Å². The largest absolute Gasteiger partial charge is 0.415 e. The molecule has 0 saturated heterocycles. The molecule has 1 aromatic rings. The van der Waals surface area contributed by atoms with Gasteiger partial charge in [-0.15, -0.1) is 0 Å². The highest BCUT2D eigenvalue weighted by atomic mass is 32.2. The SMILES string of the molecule is Nc1cc(F)cc(S(=O)(=O)NCC(O)C(F)(F)F)c1. The van der Waals surface area contributed by atoms with Gasteiger partial charge < -0.3 is 10.8 Å². The van der Waals surface area contributed by atoms with Crippen molar-refractivity contribution in [3.8, 4) is 0 Å². The van der Waals surface area contributed by atoms with Gasteiger partial charge in [-0.05, 0) is 18.2 Å². The van der Waals surface area contributed by atoms with Crippen LogP contribution in [0.25, 0.3) is 0 Å². The van der Waals surface area contributed by atoms with Gasteiger partial charge in [0.15, 0.2) is 6.10 Å².